The molecule has 0 fully saturated rings. The first kappa shape index (κ1) is 14.2. The quantitative estimate of drug-likeness (QED) is 0.552. The zero-order valence-corrected chi connectivity index (χ0v) is 12.3. The summed E-state index contributed by atoms with van der Waals surface area (Å²) in [6, 6.07) is 10.1. The van der Waals surface area contributed by atoms with Gasteiger partial charge in [0.25, 0.3) is 0 Å². The predicted octanol–water partition coefficient (Wildman–Crippen LogP) is 4.03. The van der Waals surface area contributed by atoms with Crippen LogP contribution in [-0.4, -0.2) is 0 Å². The smallest absolute Gasteiger partial charge is 0.169 e. The first-order valence-electron chi connectivity index (χ1n) is 6.19. The highest BCUT2D eigenvalue weighted by molar-refractivity contribution is 9.10. The lowest BCUT2D eigenvalue weighted by atomic mass is 10.0. The second-order valence-corrected chi connectivity index (χ2v) is 5.49. The van der Waals surface area contributed by atoms with Gasteiger partial charge in [-0.25, -0.2) is 14.2 Å². The Bertz CT molecular complexity index is 803. The van der Waals surface area contributed by atoms with E-state index < -0.39 is 17.7 Å². The Kier molecular flexibility index (Phi) is 3.75. The second kappa shape index (κ2) is 5.55. The number of nitrogens with one attached hydrogen (secondary N) is 1. The zero-order chi connectivity index (χ0) is 15.0. The van der Waals surface area contributed by atoms with Crippen molar-refractivity contribution in [3.63, 3.8) is 0 Å². The van der Waals surface area contributed by atoms with Gasteiger partial charge in [0.2, 0.25) is 0 Å². The van der Waals surface area contributed by atoms with E-state index in [1.54, 1.807) is 30.3 Å². The third-order valence-electron chi connectivity index (χ3n) is 3.24. The summed E-state index contributed by atoms with van der Waals surface area (Å²) in [5.74, 6) is 4.98. The number of halogens is 3. The summed E-state index contributed by atoms with van der Waals surface area (Å²) in [6.45, 7) is 0. The maximum Gasteiger partial charge on any atom is 0.169 e. The molecule has 1 unspecified atom stereocenters. The summed E-state index contributed by atoms with van der Waals surface area (Å²) in [7, 11) is 0. The van der Waals surface area contributed by atoms with Crippen LogP contribution < -0.4 is 11.3 Å². The summed E-state index contributed by atoms with van der Waals surface area (Å²) >= 11 is 3.29. The molecular weight excluding hydrogens is 342 g/mol. The van der Waals surface area contributed by atoms with Crippen molar-refractivity contribution in [1.29, 1.82) is 0 Å². The number of nitrogens with two attached hydrogens (primary N) is 1. The van der Waals surface area contributed by atoms with Gasteiger partial charge in [-0.15, -0.1) is 0 Å². The Morgan fingerprint density at radius 2 is 1.90 bits per heavy atom. The third kappa shape index (κ3) is 2.57. The number of benzene rings is 2. The largest absolute Gasteiger partial charge is 0.456 e. The number of hydrogen-bond donors (Lipinski definition) is 2. The molecule has 0 aliphatic heterocycles. The lowest BCUT2D eigenvalue weighted by Crippen LogP contribution is -2.29. The monoisotopic (exact) mass is 352 g/mol. The van der Waals surface area contributed by atoms with E-state index in [-0.39, 0.29) is 5.58 Å². The van der Waals surface area contributed by atoms with E-state index in [1.807, 2.05) is 0 Å². The van der Waals surface area contributed by atoms with Crippen molar-refractivity contribution < 1.29 is 13.2 Å². The Labute approximate surface area is 127 Å². The Morgan fingerprint density at radius 1 is 1.10 bits per heavy atom. The van der Waals surface area contributed by atoms with Crippen molar-refractivity contribution >= 4 is 26.9 Å². The van der Waals surface area contributed by atoms with Crippen molar-refractivity contribution in [1.82, 2.24) is 5.43 Å². The van der Waals surface area contributed by atoms with Crippen molar-refractivity contribution in [3.8, 4) is 0 Å². The number of hydrazine groups is 1. The Balaban J connectivity index is 2.13. The zero-order valence-electron chi connectivity index (χ0n) is 10.7. The molecule has 0 aliphatic carbocycles. The maximum absolute atomic E-state index is 14.0. The van der Waals surface area contributed by atoms with Crippen LogP contribution in [0, 0.1) is 11.6 Å². The summed E-state index contributed by atoms with van der Waals surface area (Å²) in [5.41, 5.74) is 2.95. The minimum Gasteiger partial charge on any atom is -0.456 e. The molecule has 3 aromatic rings. The van der Waals surface area contributed by atoms with E-state index in [0.29, 0.717) is 21.2 Å². The fourth-order valence-electron chi connectivity index (χ4n) is 2.25. The van der Waals surface area contributed by atoms with Crippen LogP contribution in [0.2, 0.25) is 0 Å². The van der Waals surface area contributed by atoms with Crippen LogP contribution in [-0.2, 0) is 0 Å². The van der Waals surface area contributed by atoms with Crippen molar-refractivity contribution in [3.05, 3.63) is 69.9 Å². The first-order chi connectivity index (χ1) is 10.1. The molecule has 0 saturated carbocycles. The molecular formula is C15H11BrF2N2O. The van der Waals surface area contributed by atoms with Crippen LogP contribution in [0.25, 0.3) is 11.0 Å². The summed E-state index contributed by atoms with van der Waals surface area (Å²) in [5, 5.41) is 0.598. The van der Waals surface area contributed by atoms with E-state index in [0.717, 1.165) is 0 Å². The van der Waals surface area contributed by atoms with Crippen LogP contribution in [0.5, 0.6) is 0 Å². The van der Waals surface area contributed by atoms with Crippen LogP contribution in [0.3, 0.4) is 0 Å². The minimum absolute atomic E-state index is 0.128. The van der Waals surface area contributed by atoms with Crippen molar-refractivity contribution in [2.45, 2.75) is 6.04 Å². The molecule has 0 radical (unpaired) electrons. The van der Waals surface area contributed by atoms with E-state index in [9.17, 15) is 8.78 Å². The van der Waals surface area contributed by atoms with Crippen LogP contribution >= 0.6 is 15.9 Å². The summed E-state index contributed by atoms with van der Waals surface area (Å²) in [4.78, 5) is 0. The summed E-state index contributed by atoms with van der Waals surface area (Å²) < 4.78 is 33.9. The van der Waals surface area contributed by atoms with Gasteiger partial charge in [0.05, 0.1) is 0 Å². The number of fused-ring (bicyclic) bond motifs is 1. The molecule has 1 heterocycles. The van der Waals surface area contributed by atoms with Crippen LogP contribution in [0.15, 0.2) is 51.4 Å². The molecule has 21 heavy (non-hydrogen) atoms. The molecule has 1 atom stereocenters. The number of para-hydroxylation sites is 1. The standard InChI is InChI=1S/C15H11BrF2N2O/c16-9-4-5-11(17)10(7-9)14(20-19)13-6-8-2-1-3-12(18)15(8)21-13/h1-7,14,20H,19H2. The van der Waals surface area contributed by atoms with E-state index in [4.69, 9.17) is 10.3 Å². The molecule has 0 amide bonds. The topological polar surface area (TPSA) is 51.2 Å². The van der Waals surface area contributed by atoms with Gasteiger partial charge in [-0.2, -0.15) is 0 Å². The maximum atomic E-state index is 14.0. The normalized spacial score (nSPS) is 12.8. The molecule has 3 nitrogen and oxygen atoms in total. The molecule has 2 aromatic carbocycles. The minimum atomic E-state index is -0.714. The fraction of sp³-hybridized carbons (Fsp3) is 0.0667. The van der Waals surface area contributed by atoms with Gasteiger partial charge in [-0.3, -0.25) is 5.84 Å². The second-order valence-electron chi connectivity index (χ2n) is 4.57. The number of furan rings is 1. The molecule has 0 saturated heterocycles. The number of rotatable bonds is 3. The molecule has 3 N–H and O–H groups in total. The first-order valence-corrected chi connectivity index (χ1v) is 6.98. The van der Waals surface area contributed by atoms with Crippen LogP contribution in [0.4, 0.5) is 8.78 Å². The van der Waals surface area contributed by atoms with Gasteiger partial charge in [-0.05, 0) is 30.3 Å². The molecule has 3 rings (SSSR count). The SMILES string of the molecule is NNC(c1cc2cccc(F)c2o1)c1cc(Br)ccc1F. The van der Waals surface area contributed by atoms with Gasteiger partial charge in [0.1, 0.15) is 17.6 Å². The lowest BCUT2D eigenvalue weighted by Gasteiger charge is -2.14. The Morgan fingerprint density at radius 3 is 2.62 bits per heavy atom. The molecule has 6 heteroatoms. The summed E-state index contributed by atoms with van der Waals surface area (Å²) in [6.07, 6.45) is 0. The highest BCUT2D eigenvalue weighted by Crippen LogP contribution is 2.31. The molecule has 0 bridgehead atoms. The molecule has 108 valence electrons. The van der Waals surface area contributed by atoms with E-state index >= 15 is 0 Å². The third-order valence-corrected chi connectivity index (χ3v) is 3.73. The van der Waals surface area contributed by atoms with Crippen LogP contribution in [0.1, 0.15) is 17.4 Å². The average Bonchev–Trinajstić information content (AvgIpc) is 2.89. The average molecular weight is 353 g/mol. The van der Waals surface area contributed by atoms with Gasteiger partial charge in [-0.1, -0.05) is 28.1 Å². The molecule has 0 spiro atoms. The van der Waals surface area contributed by atoms with Gasteiger partial charge in [0, 0.05) is 15.4 Å². The van der Waals surface area contributed by atoms with Gasteiger partial charge in [0.15, 0.2) is 11.4 Å². The predicted molar refractivity (Wildman–Crippen MR) is 79.4 cm³/mol. The highest BCUT2D eigenvalue weighted by Gasteiger charge is 2.21. The Hall–Kier alpha value is -1.76. The fourth-order valence-corrected chi connectivity index (χ4v) is 2.63. The number of hydrogen-bond acceptors (Lipinski definition) is 3. The highest BCUT2D eigenvalue weighted by atomic mass is 79.9. The molecule has 1 aromatic heterocycles. The van der Waals surface area contributed by atoms with Crippen molar-refractivity contribution in [2.75, 3.05) is 0 Å². The molecule has 0 aliphatic rings. The van der Waals surface area contributed by atoms with Crippen molar-refractivity contribution in [2.24, 2.45) is 5.84 Å². The van der Waals surface area contributed by atoms with Gasteiger partial charge < -0.3 is 4.42 Å². The van der Waals surface area contributed by atoms with Gasteiger partial charge >= 0.3 is 0 Å². The van der Waals surface area contributed by atoms with E-state index in [1.165, 1.54) is 12.1 Å². The lowest BCUT2D eigenvalue weighted by molar-refractivity contribution is 0.453. The van der Waals surface area contributed by atoms with E-state index in [2.05, 4.69) is 21.4 Å².